The van der Waals surface area contributed by atoms with Crippen molar-refractivity contribution in [2.75, 3.05) is 6.54 Å². The van der Waals surface area contributed by atoms with E-state index in [0.29, 0.717) is 18.9 Å². The molecule has 0 saturated heterocycles. The average Bonchev–Trinajstić information content (AvgIpc) is 2.87. The van der Waals surface area contributed by atoms with Gasteiger partial charge in [-0.2, -0.15) is 0 Å². The van der Waals surface area contributed by atoms with Gasteiger partial charge >= 0.3 is 0 Å². The molecule has 1 amide bonds. The summed E-state index contributed by atoms with van der Waals surface area (Å²) in [6, 6.07) is 7.55. The lowest BCUT2D eigenvalue weighted by molar-refractivity contribution is -0.122. The molecule has 1 aromatic carbocycles. The van der Waals surface area contributed by atoms with Crippen LogP contribution in [0.3, 0.4) is 0 Å². The van der Waals surface area contributed by atoms with Gasteiger partial charge in [-0.1, -0.05) is 38.5 Å². The zero-order valence-corrected chi connectivity index (χ0v) is 12.1. The van der Waals surface area contributed by atoms with Crippen LogP contribution in [0.2, 0.25) is 0 Å². The molecule has 2 rings (SSSR count). The molecular weight excluding hydrogens is 250 g/mol. The molecule has 1 aromatic heterocycles. The van der Waals surface area contributed by atoms with Crippen molar-refractivity contribution in [1.82, 2.24) is 10.3 Å². The van der Waals surface area contributed by atoms with Crippen molar-refractivity contribution in [1.29, 1.82) is 0 Å². The number of carbonyl (C=O) groups is 1. The monoisotopic (exact) mass is 273 g/mol. The van der Waals surface area contributed by atoms with Crippen LogP contribution in [-0.4, -0.2) is 23.5 Å². The molecule has 108 valence electrons. The second-order valence-corrected chi connectivity index (χ2v) is 5.43. The number of hydrogen-bond acceptors (Lipinski definition) is 2. The fourth-order valence-corrected chi connectivity index (χ4v) is 2.18. The third-order valence-corrected chi connectivity index (χ3v) is 3.77. The van der Waals surface area contributed by atoms with Crippen LogP contribution in [0, 0.1) is 5.92 Å². The molecular formula is C16H23N3O. The summed E-state index contributed by atoms with van der Waals surface area (Å²) >= 11 is 0. The van der Waals surface area contributed by atoms with Crippen molar-refractivity contribution in [3.8, 4) is 0 Å². The quantitative estimate of drug-likeness (QED) is 0.755. The summed E-state index contributed by atoms with van der Waals surface area (Å²) in [5.74, 6) is 0.412. The minimum atomic E-state index is -0.502. The number of nitrogens with one attached hydrogen (secondary N) is 2. The Morgan fingerprint density at radius 3 is 2.90 bits per heavy atom. The number of para-hydroxylation sites is 1. The Balaban J connectivity index is 1.97. The third kappa shape index (κ3) is 3.39. The van der Waals surface area contributed by atoms with Crippen LogP contribution in [0.5, 0.6) is 0 Å². The largest absolute Gasteiger partial charge is 0.361 e. The van der Waals surface area contributed by atoms with Crippen molar-refractivity contribution in [3.63, 3.8) is 0 Å². The van der Waals surface area contributed by atoms with E-state index in [0.717, 1.165) is 22.9 Å². The first-order valence-corrected chi connectivity index (χ1v) is 7.20. The van der Waals surface area contributed by atoms with Crippen LogP contribution in [0.4, 0.5) is 0 Å². The topological polar surface area (TPSA) is 70.9 Å². The van der Waals surface area contributed by atoms with Gasteiger partial charge in [0.1, 0.15) is 0 Å². The third-order valence-electron chi connectivity index (χ3n) is 3.77. The molecule has 0 spiro atoms. The lowest BCUT2D eigenvalue weighted by atomic mass is 10.0. The Hall–Kier alpha value is -1.81. The normalized spacial score (nSPS) is 14.2. The highest BCUT2D eigenvalue weighted by Crippen LogP contribution is 2.18. The number of H-pyrrole nitrogens is 1. The van der Waals surface area contributed by atoms with Crippen molar-refractivity contribution in [2.24, 2.45) is 11.7 Å². The van der Waals surface area contributed by atoms with Crippen LogP contribution in [0.15, 0.2) is 30.5 Å². The summed E-state index contributed by atoms with van der Waals surface area (Å²) in [6.07, 6.45) is 3.54. The zero-order chi connectivity index (χ0) is 14.5. The first-order chi connectivity index (χ1) is 9.61. The van der Waals surface area contributed by atoms with E-state index in [2.05, 4.69) is 24.1 Å². The number of rotatable bonds is 6. The second-order valence-electron chi connectivity index (χ2n) is 5.43. The smallest absolute Gasteiger partial charge is 0.237 e. The minimum absolute atomic E-state index is 0.0735. The Labute approximate surface area is 119 Å². The lowest BCUT2D eigenvalue weighted by Gasteiger charge is -2.14. The predicted octanol–water partition coefficient (Wildman–Crippen LogP) is 2.20. The van der Waals surface area contributed by atoms with Gasteiger partial charge in [-0.3, -0.25) is 4.79 Å². The van der Waals surface area contributed by atoms with Crippen LogP contribution in [-0.2, 0) is 11.2 Å². The van der Waals surface area contributed by atoms with Crippen molar-refractivity contribution in [2.45, 2.75) is 32.7 Å². The van der Waals surface area contributed by atoms with Gasteiger partial charge < -0.3 is 16.0 Å². The van der Waals surface area contributed by atoms with Gasteiger partial charge in [0, 0.05) is 23.6 Å². The first kappa shape index (κ1) is 14.6. The zero-order valence-electron chi connectivity index (χ0n) is 12.1. The maximum atomic E-state index is 12.0. The number of aromatic nitrogens is 1. The summed E-state index contributed by atoms with van der Waals surface area (Å²) in [5, 5.41) is 4.06. The molecule has 0 aliphatic carbocycles. The van der Waals surface area contributed by atoms with Gasteiger partial charge in [0.15, 0.2) is 0 Å². The summed E-state index contributed by atoms with van der Waals surface area (Å²) in [7, 11) is 0. The molecule has 0 bridgehead atoms. The van der Waals surface area contributed by atoms with Crippen LogP contribution in [0.1, 0.15) is 25.8 Å². The number of hydrogen-bond donors (Lipinski definition) is 3. The molecule has 0 radical (unpaired) electrons. The summed E-state index contributed by atoms with van der Waals surface area (Å²) in [6.45, 7) is 4.92. The van der Waals surface area contributed by atoms with Gasteiger partial charge in [0.25, 0.3) is 0 Å². The number of fused-ring (bicyclic) bond motifs is 1. The summed E-state index contributed by atoms with van der Waals surface area (Å²) in [5.41, 5.74) is 8.17. The Kier molecular flexibility index (Phi) is 4.79. The van der Waals surface area contributed by atoms with E-state index in [1.54, 1.807) is 0 Å². The summed E-state index contributed by atoms with van der Waals surface area (Å²) < 4.78 is 0. The van der Waals surface area contributed by atoms with E-state index in [4.69, 9.17) is 5.73 Å². The standard InChI is InChI=1S/C16H23N3O/c1-3-11(2)9-19-16(20)14(17)8-12-10-18-15-7-5-4-6-13(12)15/h4-7,10-11,14,18H,3,8-9,17H2,1-2H3,(H,19,20)/t11?,14-/m1/s1. The van der Waals surface area contributed by atoms with Crippen LogP contribution in [0.25, 0.3) is 10.9 Å². The van der Waals surface area contributed by atoms with Crippen molar-refractivity contribution in [3.05, 3.63) is 36.0 Å². The molecule has 20 heavy (non-hydrogen) atoms. The fourth-order valence-electron chi connectivity index (χ4n) is 2.18. The molecule has 0 aliphatic rings. The maximum absolute atomic E-state index is 12.0. The van der Waals surface area contributed by atoms with E-state index in [-0.39, 0.29) is 5.91 Å². The molecule has 2 aromatic rings. The number of carbonyl (C=O) groups excluding carboxylic acids is 1. The molecule has 1 unspecified atom stereocenters. The second kappa shape index (κ2) is 6.57. The van der Waals surface area contributed by atoms with Gasteiger partial charge in [-0.25, -0.2) is 0 Å². The molecule has 4 heteroatoms. The number of nitrogens with two attached hydrogens (primary N) is 1. The number of aromatic amines is 1. The van der Waals surface area contributed by atoms with E-state index in [9.17, 15) is 4.79 Å². The molecule has 4 nitrogen and oxygen atoms in total. The number of benzene rings is 1. The molecule has 2 atom stereocenters. The minimum Gasteiger partial charge on any atom is -0.361 e. The molecule has 0 saturated carbocycles. The van der Waals surface area contributed by atoms with Gasteiger partial charge in [0.05, 0.1) is 6.04 Å². The van der Waals surface area contributed by atoms with Crippen LogP contribution < -0.4 is 11.1 Å². The number of amides is 1. The van der Waals surface area contributed by atoms with E-state index in [1.807, 2.05) is 30.5 Å². The summed E-state index contributed by atoms with van der Waals surface area (Å²) in [4.78, 5) is 15.2. The lowest BCUT2D eigenvalue weighted by Crippen LogP contribution is -2.43. The van der Waals surface area contributed by atoms with Gasteiger partial charge in [-0.05, 0) is 24.0 Å². The van der Waals surface area contributed by atoms with E-state index < -0.39 is 6.04 Å². The van der Waals surface area contributed by atoms with Crippen molar-refractivity contribution >= 4 is 16.8 Å². The van der Waals surface area contributed by atoms with Gasteiger partial charge in [-0.15, -0.1) is 0 Å². The SMILES string of the molecule is CCC(C)CNC(=O)[C@H](N)Cc1c[nH]c2ccccc12. The maximum Gasteiger partial charge on any atom is 0.237 e. The first-order valence-electron chi connectivity index (χ1n) is 7.20. The van der Waals surface area contributed by atoms with E-state index in [1.165, 1.54) is 0 Å². The highest BCUT2D eigenvalue weighted by atomic mass is 16.2. The Bertz CT molecular complexity index is 576. The molecule has 4 N–H and O–H groups in total. The van der Waals surface area contributed by atoms with Crippen LogP contribution >= 0.6 is 0 Å². The molecule has 0 fully saturated rings. The van der Waals surface area contributed by atoms with E-state index >= 15 is 0 Å². The molecule has 0 aliphatic heterocycles. The highest BCUT2D eigenvalue weighted by molar-refractivity contribution is 5.86. The molecule has 1 heterocycles. The van der Waals surface area contributed by atoms with Gasteiger partial charge in [0.2, 0.25) is 5.91 Å². The average molecular weight is 273 g/mol. The Morgan fingerprint density at radius 2 is 2.15 bits per heavy atom. The predicted molar refractivity (Wildman–Crippen MR) is 82.4 cm³/mol. The fraction of sp³-hybridized carbons (Fsp3) is 0.438. The van der Waals surface area contributed by atoms with Crippen molar-refractivity contribution < 1.29 is 4.79 Å². The highest BCUT2D eigenvalue weighted by Gasteiger charge is 2.16. The Morgan fingerprint density at radius 1 is 1.40 bits per heavy atom.